The molecule has 1 fully saturated rings. The first-order valence-corrected chi connectivity index (χ1v) is 7.27. The van der Waals surface area contributed by atoms with E-state index in [-0.39, 0.29) is 0 Å². The third-order valence-corrected chi connectivity index (χ3v) is 4.40. The van der Waals surface area contributed by atoms with Crippen LogP contribution in [0.2, 0.25) is 0 Å². The topological polar surface area (TPSA) is 12.0 Å². The van der Waals surface area contributed by atoms with Crippen molar-refractivity contribution in [2.24, 2.45) is 5.92 Å². The fourth-order valence-corrected chi connectivity index (χ4v) is 3.14. The van der Waals surface area contributed by atoms with Crippen LogP contribution in [0.4, 0.5) is 0 Å². The Labute approximate surface area is 93.4 Å². The van der Waals surface area contributed by atoms with Crippen molar-refractivity contribution in [2.75, 3.05) is 11.5 Å². The predicted octanol–water partition coefficient (Wildman–Crippen LogP) is 3.30. The zero-order valence-corrected chi connectivity index (χ0v) is 10.7. The van der Waals surface area contributed by atoms with Crippen LogP contribution in [0.1, 0.15) is 46.5 Å². The summed E-state index contributed by atoms with van der Waals surface area (Å²) in [6, 6.07) is 1.50. The number of thioether (sulfide) groups is 1. The van der Waals surface area contributed by atoms with Gasteiger partial charge in [-0.25, -0.2) is 0 Å². The molecule has 84 valence electrons. The average molecular weight is 215 g/mol. The highest BCUT2D eigenvalue weighted by atomic mass is 32.2. The standard InChI is InChI=1S/C12H25NS/c1-4-11-7-6-8-12(11)13-10(3)9-14-5-2/h10-13H,4-9H2,1-3H3. The highest BCUT2D eigenvalue weighted by Gasteiger charge is 2.26. The van der Waals surface area contributed by atoms with Crippen molar-refractivity contribution in [3.8, 4) is 0 Å². The molecule has 1 aliphatic rings. The quantitative estimate of drug-likeness (QED) is 0.729. The van der Waals surface area contributed by atoms with E-state index in [9.17, 15) is 0 Å². The molecule has 2 heteroatoms. The van der Waals surface area contributed by atoms with Crippen LogP contribution in [0.25, 0.3) is 0 Å². The van der Waals surface area contributed by atoms with E-state index in [1.165, 1.54) is 37.2 Å². The highest BCUT2D eigenvalue weighted by molar-refractivity contribution is 7.99. The minimum absolute atomic E-state index is 0.692. The van der Waals surface area contributed by atoms with Gasteiger partial charge in [-0.15, -0.1) is 0 Å². The van der Waals surface area contributed by atoms with Gasteiger partial charge in [0, 0.05) is 17.8 Å². The molecule has 1 saturated carbocycles. The van der Waals surface area contributed by atoms with Crippen LogP contribution in [0, 0.1) is 5.92 Å². The first-order valence-electron chi connectivity index (χ1n) is 6.11. The number of hydrogen-bond donors (Lipinski definition) is 1. The summed E-state index contributed by atoms with van der Waals surface area (Å²) in [6.45, 7) is 6.89. The zero-order valence-electron chi connectivity index (χ0n) is 9.88. The van der Waals surface area contributed by atoms with Gasteiger partial charge in [0.15, 0.2) is 0 Å². The van der Waals surface area contributed by atoms with E-state index in [0.29, 0.717) is 6.04 Å². The van der Waals surface area contributed by atoms with Crippen LogP contribution < -0.4 is 5.32 Å². The summed E-state index contributed by atoms with van der Waals surface area (Å²) in [5, 5.41) is 3.79. The molecule has 1 nitrogen and oxygen atoms in total. The molecule has 1 aliphatic carbocycles. The lowest BCUT2D eigenvalue weighted by atomic mass is 10.0. The average Bonchev–Trinajstić information content (AvgIpc) is 2.62. The Morgan fingerprint density at radius 2 is 2.14 bits per heavy atom. The number of hydrogen-bond acceptors (Lipinski definition) is 2. The van der Waals surface area contributed by atoms with Gasteiger partial charge in [-0.05, 0) is 31.4 Å². The molecule has 0 radical (unpaired) electrons. The highest BCUT2D eigenvalue weighted by Crippen LogP contribution is 2.28. The molecule has 0 bridgehead atoms. The molecule has 0 aliphatic heterocycles. The Bertz CT molecular complexity index is 149. The second-order valence-electron chi connectivity index (χ2n) is 4.43. The molecule has 0 saturated heterocycles. The summed E-state index contributed by atoms with van der Waals surface area (Å²) in [7, 11) is 0. The molecule has 1 N–H and O–H groups in total. The molecule has 0 aromatic heterocycles. The van der Waals surface area contributed by atoms with Crippen molar-refractivity contribution < 1.29 is 0 Å². The molecule has 3 unspecified atom stereocenters. The number of rotatable bonds is 6. The lowest BCUT2D eigenvalue weighted by Crippen LogP contribution is -2.40. The molecule has 0 heterocycles. The number of nitrogens with one attached hydrogen (secondary N) is 1. The van der Waals surface area contributed by atoms with E-state index in [4.69, 9.17) is 0 Å². The van der Waals surface area contributed by atoms with Crippen molar-refractivity contribution in [3.05, 3.63) is 0 Å². The molecule has 0 aromatic carbocycles. The fourth-order valence-electron chi connectivity index (χ4n) is 2.45. The SMILES string of the molecule is CCSCC(C)NC1CCCC1CC. The van der Waals surface area contributed by atoms with Gasteiger partial charge in [0.2, 0.25) is 0 Å². The van der Waals surface area contributed by atoms with Gasteiger partial charge in [-0.3, -0.25) is 0 Å². The summed E-state index contributed by atoms with van der Waals surface area (Å²) in [4.78, 5) is 0. The maximum absolute atomic E-state index is 3.79. The predicted molar refractivity (Wildman–Crippen MR) is 67.0 cm³/mol. The molecule has 0 aromatic rings. The first-order chi connectivity index (χ1) is 6.77. The normalized spacial score (nSPS) is 29.4. The van der Waals surface area contributed by atoms with Gasteiger partial charge in [0.05, 0.1) is 0 Å². The van der Waals surface area contributed by atoms with Gasteiger partial charge in [-0.2, -0.15) is 11.8 Å². The van der Waals surface area contributed by atoms with Crippen LogP contribution in [-0.2, 0) is 0 Å². The lowest BCUT2D eigenvalue weighted by Gasteiger charge is -2.24. The smallest absolute Gasteiger partial charge is 0.0132 e. The summed E-state index contributed by atoms with van der Waals surface area (Å²) in [6.07, 6.45) is 5.64. The third kappa shape index (κ3) is 3.82. The molecule has 0 spiro atoms. The minimum Gasteiger partial charge on any atom is -0.310 e. The second-order valence-corrected chi connectivity index (χ2v) is 5.75. The van der Waals surface area contributed by atoms with Crippen molar-refractivity contribution in [3.63, 3.8) is 0 Å². The molecule has 0 amide bonds. The maximum Gasteiger partial charge on any atom is 0.0132 e. The van der Waals surface area contributed by atoms with Crippen molar-refractivity contribution in [2.45, 2.75) is 58.5 Å². The van der Waals surface area contributed by atoms with Gasteiger partial charge in [-0.1, -0.05) is 26.7 Å². The van der Waals surface area contributed by atoms with Crippen molar-refractivity contribution in [1.29, 1.82) is 0 Å². The van der Waals surface area contributed by atoms with E-state index in [2.05, 4.69) is 26.1 Å². The molecule has 3 atom stereocenters. The van der Waals surface area contributed by atoms with Crippen LogP contribution in [0.5, 0.6) is 0 Å². The monoisotopic (exact) mass is 215 g/mol. The summed E-state index contributed by atoms with van der Waals surface area (Å²) in [5.41, 5.74) is 0. The largest absolute Gasteiger partial charge is 0.310 e. The van der Waals surface area contributed by atoms with Crippen LogP contribution in [0.15, 0.2) is 0 Å². The van der Waals surface area contributed by atoms with Gasteiger partial charge in [0.1, 0.15) is 0 Å². The lowest BCUT2D eigenvalue weighted by molar-refractivity contribution is 0.368. The molecule has 1 rings (SSSR count). The van der Waals surface area contributed by atoms with E-state index >= 15 is 0 Å². The second kappa shape index (κ2) is 6.73. The summed E-state index contributed by atoms with van der Waals surface area (Å²) in [5.74, 6) is 3.46. The van der Waals surface area contributed by atoms with Crippen LogP contribution >= 0.6 is 11.8 Å². The maximum atomic E-state index is 3.79. The van der Waals surface area contributed by atoms with E-state index < -0.39 is 0 Å². The van der Waals surface area contributed by atoms with Crippen LogP contribution in [-0.4, -0.2) is 23.6 Å². The molecular weight excluding hydrogens is 190 g/mol. The Hall–Kier alpha value is 0.310. The van der Waals surface area contributed by atoms with E-state index in [1.807, 2.05) is 11.8 Å². The third-order valence-electron chi connectivity index (χ3n) is 3.25. The molecular formula is C12H25NS. The van der Waals surface area contributed by atoms with E-state index in [1.54, 1.807) is 0 Å². The molecule has 14 heavy (non-hydrogen) atoms. The summed E-state index contributed by atoms with van der Waals surface area (Å²) >= 11 is 2.05. The first kappa shape index (κ1) is 12.4. The fraction of sp³-hybridized carbons (Fsp3) is 1.00. The van der Waals surface area contributed by atoms with Crippen LogP contribution in [0.3, 0.4) is 0 Å². The Kier molecular flexibility index (Phi) is 5.95. The summed E-state index contributed by atoms with van der Waals surface area (Å²) < 4.78 is 0. The van der Waals surface area contributed by atoms with Crippen molar-refractivity contribution >= 4 is 11.8 Å². The van der Waals surface area contributed by atoms with Gasteiger partial charge in [0.25, 0.3) is 0 Å². The Balaban J connectivity index is 2.21. The van der Waals surface area contributed by atoms with Crippen molar-refractivity contribution in [1.82, 2.24) is 5.32 Å². The minimum atomic E-state index is 0.692. The van der Waals surface area contributed by atoms with E-state index in [0.717, 1.165) is 12.0 Å². The van der Waals surface area contributed by atoms with Gasteiger partial charge < -0.3 is 5.32 Å². The Morgan fingerprint density at radius 3 is 2.79 bits per heavy atom. The van der Waals surface area contributed by atoms with Gasteiger partial charge >= 0.3 is 0 Å². The zero-order chi connectivity index (χ0) is 10.4. The Morgan fingerprint density at radius 1 is 1.36 bits per heavy atom.